The van der Waals surface area contributed by atoms with Crippen molar-refractivity contribution in [2.24, 2.45) is 0 Å². The zero-order valence-electron chi connectivity index (χ0n) is 14.1. The van der Waals surface area contributed by atoms with Crippen LogP contribution in [0.4, 0.5) is 5.69 Å². The van der Waals surface area contributed by atoms with Crippen molar-refractivity contribution >= 4 is 28.3 Å². The summed E-state index contributed by atoms with van der Waals surface area (Å²) in [5.41, 5.74) is 0.887. The lowest BCUT2D eigenvalue weighted by molar-refractivity contribution is -0.137. The first-order valence-electron chi connectivity index (χ1n) is 8.37. The summed E-state index contributed by atoms with van der Waals surface area (Å²) in [7, 11) is 0. The number of phenols is 1. The molecule has 0 saturated carbocycles. The van der Waals surface area contributed by atoms with Gasteiger partial charge in [0, 0.05) is 18.4 Å². The van der Waals surface area contributed by atoms with Crippen LogP contribution in [0.15, 0.2) is 66.7 Å². The molecule has 2 N–H and O–H groups in total. The topological polar surface area (TPSA) is 77.8 Å². The predicted octanol–water partition coefficient (Wildman–Crippen LogP) is 4.06. The highest BCUT2D eigenvalue weighted by molar-refractivity contribution is 6.12. The van der Waals surface area contributed by atoms with Crippen LogP contribution in [0.5, 0.6) is 5.75 Å². The Morgan fingerprint density at radius 2 is 1.58 bits per heavy atom. The molecule has 0 atom stereocenters. The number of aromatic hydroxyl groups is 1. The van der Waals surface area contributed by atoms with E-state index in [0.717, 1.165) is 10.8 Å². The summed E-state index contributed by atoms with van der Waals surface area (Å²) in [6, 6.07) is 19.7. The molecule has 132 valence electrons. The highest BCUT2D eigenvalue weighted by Gasteiger charge is 2.22. The zero-order valence-corrected chi connectivity index (χ0v) is 14.1. The van der Waals surface area contributed by atoms with E-state index < -0.39 is 5.97 Å². The molecule has 0 unspecified atom stereocenters. The maximum atomic E-state index is 13.1. The number of carbonyl (C=O) groups excluding carboxylic acids is 1. The third-order valence-electron chi connectivity index (χ3n) is 4.21. The van der Waals surface area contributed by atoms with E-state index in [4.69, 9.17) is 5.11 Å². The Bertz CT molecular complexity index is 946. The van der Waals surface area contributed by atoms with Crippen LogP contribution in [0.1, 0.15) is 23.2 Å². The van der Waals surface area contributed by atoms with Crippen LogP contribution in [0.25, 0.3) is 10.8 Å². The fraction of sp³-hybridized carbons (Fsp3) is 0.143. The highest BCUT2D eigenvalue weighted by Crippen LogP contribution is 2.29. The molecule has 0 bridgehead atoms. The standard InChI is InChI=1S/C21H19NO4/c23-19-12-4-3-10-17(19)21(26)22(14-6-13-20(24)25)18-11-5-8-15-7-1-2-9-16(15)18/h1-5,7-12,23H,6,13-14H2,(H,24,25). The SMILES string of the molecule is O=C(O)CCCN(C(=O)c1ccccc1O)c1cccc2ccccc12. The van der Waals surface area contributed by atoms with Gasteiger partial charge in [-0.1, -0.05) is 48.5 Å². The van der Waals surface area contributed by atoms with Crippen molar-refractivity contribution in [2.45, 2.75) is 12.8 Å². The number of carboxylic acid groups (broad SMARTS) is 1. The summed E-state index contributed by atoms with van der Waals surface area (Å²) in [6.45, 7) is 0.244. The number of nitrogens with zero attached hydrogens (tertiary/aromatic N) is 1. The van der Waals surface area contributed by atoms with Gasteiger partial charge in [-0.3, -0.25) is 9.59 Å². The molecule has 26 heavy (non-hydrogen) atoms. The second kappa shape index (κ2) is 7.70. The Labute approximate surface area is 151 Å². The highest BCUT2D eigenvalue weighted by atomic mass is 16.4. The number of phenolic OH excluding ortho intramolecular Hbond substituents is 1. The van der Waals surface area contributed by atoms with E-state index in [1.807, 2.05) is 42.5 Å². The average Bonchev–Trinajstić information content (AvgIpc) is 2.65. The molecule has 0 heterocycles. The number of benzene rings is 3. The summed E-state index contributed by atoms with van der Waals surface area (Å²) in [5, 5.41) is 20.9. The number of carboxylic acids is 1. The fourth-order valence-electron chi connectivity index (χ4n) is 2.96. The molecule has 3 rings (SSSR count). The lowest BCUT2D eigenvalue weighted by Crippen LogP contribution is -2.32. The van der Waals surface area contributed by atoms with Gasteiger partial charge in [0.05, 0.1) is 11.3 Å². The quantitative estimate of drug-likeness (QED) is 0.703. The number of rotatable bonds is 6. The van der Waals surface area contributed by atoms with Crippen molar-refractivity contribution in [3.8, 4) is 5.75 Å². The molecule has 0 saturated heterocycles. The van der Waals surface area contributed by atoms with E-state index in [1.54, 1.807) is 23.1 Å². The van der Waals surface area contributed by atoms with Crippen LogP contribution in [-0.4, -0.2) is 28.6 Å². The molecule has 0 aromatic heterocycles. The number of hydrogen-bond donors (Lipinski definition) is 2. The van der Waals surface area contributed by atoms with Gasteiger partial charge in [0.25, 0.3) is 5.91 Å². The lowest BCUT2D eigenvalue weighted by Gasteiger charge is -2.24. The van der Waals surface area contributed by atoms with Crippen molar-refractivity contribution < 1.29 is 19.8 Å². The van der Waals surface area contributed by atoms with Crippen LogP contribution in [0.3, 0.4) is 0 Å². The van der Waals surface area contributed by atoms with E-state index in [1.165, 1.54) is 6.07 Å². The van der Waals surface area contributed by atoms with Gasteiger partial charge >= 0.3 is 5.97 Å². The summed E-state index contributed by atoms with van der Waals surface area (Å²) in [6.07, 6.45) is 0.285. The normalized spacial score (nSPS) is 10.6. The van der Waals surface area contributed by atoms with E-state index >= 15 is 0 Å². The Morgan fingerprint density at radius 3 is 2.35 bits per heavy atom. The number of fused-ring (bicyclic) bond motifs is 1. The molecule has 5 nitrogen and oxygen atoms in total. The Hall–Kier alpha value is -3.34. The van der Waals surface area contributed by atoms with Gasteiger partial charge in [-0.05, 0) is 30.0 Å². The number of carbonyl (C=O) groups is 2. The minimum Gasteiger partial charge on any atom is -0.507 e. The fourth-order valence-corrected chi connectivity index (χ4v) is 2.96. The molecule has 3 aromatic rings. The third kappa shape index (κ3) is 3.67. The maximum Gasteiger partial charge on any atom is 0.303 e. The van der Waals surface area contributed by atoms with Crippen molar-refractivity contribution in [3.05, 3.63) is 72.3 Å². The first-order chi connectivity index (χ1) is 12.6. The summed E-state index contributed by atoms with van der Waals surface area (Å²) in [4.78, 5) is 25.5. The largest absolute Gasteiger partial charge is 0.507 e. The first kappa shape index (κ1) is 17.5. The molecular weight excluding hydrogens is 330 g/mol. The van der Waals surface area contributed by atoms with Gasteiger partial charge in [-0.25, -0.2) is 0 Å². The van der Waals surface area contributed by atoms with Crippen LogP contribution >= 0.6 is 0 Å². The van der Waals surface area contributed by atoms with E-state index in [2.05, 4.69) is 0 Å². The third-order valence-corrected chi connectivity index (χ3v) is 4.21. The second-order valence-corrected chi connectivity index (χ2v) is 5.97. The minimum atomic E-state index is -0.905. The van der Waals surface area contributed by atoms with Gasteiger partial charge in [0.1, 0.15) is 5.75 Å². The van der Waals surface area contributed by atoms with Crippen LogP contribution in [-0.2, 0) is 4.79 Å². The molecule has 3 aromatic carbocycles. The first-order valence-corrected chi connectivity index (χ1v) is 8.37. The minimum absolute atomic E-state index is 0.0324. The molecule has 0 aliphatic heterocycles. The number of anilines is 1. The Balaban J connectivity index is 2.04. The molecule has 1 amide bonds. The maximum absolute atomic E-state index is 13.1. The molecule has 0 aliphatic rings. The van der Waals surface area contributed by atoms with Crippen molar-refractivity contribution in [1.29, 1.82) is 0 Å². The number of aliphatic carboxylic acids is 1. The van der Waals surface area contributed by atoms with E-state index in [9.17, 15) is 14.7 Å². The van der Waals surface area contributed by atoms with Crippen LogP contribution in [0, 0.1) is 0 Å². The summed E-state index contributed by atoms with van der Waals surface area (Å²) < 4.78 is 0. The van der Waals surface area contributed by atoms with Crippen molar-refractivity contribution in [2.75, 3.05) is 11.4 Å². The second-order valence-electron chi connectivity index (χ2n) is 5.97. The van der Waals surface area contributed by atoms with Crippen molar-refractivity contribution in [3.63, 3.8) is 0 Å². The van der Waals surface area contributed by atoms with Gasteiger partial charge in [-0.2, -0.15) is 0 Å². The Kier molecular flexibility index (Phi) is 5.17. The van der Waals surface area contributed by atoms with E-state index in [0.29, 0.717) is 12.1 Å². The smallest absolute Gasteiger partial charge is 0.303 e. The van der Waals surface area contributed by atoms with Gasteiger partial charge in [0.15, 0.2) is 0 Å². The van der Waals surface area contributed by atoms with Gasteiger partial charge in [-0.15, -0.1) is 0 Å². The number of hydrogen-bond acceptors (Lipinski definition) is 3. The summed E-state index contributed by atoms with van der Waals surface area (Å²) >= 11 is 0. The monoisotopic (exact) mass is 349 g/mol. The molecule has 0 aliphatic carbocycles. The number of para-hydroxylation sites is 1. The van der Waals surface area contributed by atoms with Crippen LogP contribution < -0.4 is 4.90 Å². The summed E-state index contributed by atoms with van der Waals surface area (Å²) in [5.74, 6) is -1.36. The van der Waals surface area contributed by atoms with Gasteiger partial charge < -0.3 is 15.1 Å². The molecule has 0 fully saturated rings. The predicted molar refractivity (Wildman–Crippen MR) is 101 cm³/mol. The molecule has 0 radical (unpaired) electrons. The molecular formula is C21H19NO4. The van der Waals surface area contributed by atoms with E-state index in [-0.39, 0.29) is 30.2 Å². The molecule has 5 heteroatoms. The van der Waals surface area contributed by atoms with Crippen molar-refractivity contribution in [1.82, 2.24) is 0 Å². The van der Waals surface area contributed by atoms with Crippen LogP contribution in [0.2, 0.25) is 0 Å². The lowest BCUT2D eigenvalue weighted by atomic mass is 10.1. The average molecular weight is 349 g/mol. The zero-order chi connectivity index (χ0) is 18.5. The Morgan fingerprint density at radius 1 is 0.885 bits per heavy atom. The molecule has 0 spiro atoms. The van der Waals surface area contributed by atoms with Gasteiger partial charge in [0.2, 0.25) is 0 Å². The number of amides is 1.